The Morgan fingerprint density at radius 3 is 2.04 bits per heavy atom. The number of esters is 1. The van der Waals surface area contributed by atoms with E-state index in [1.807, 2.05) is 0 Å². The van der Waals surface area contributed by atoms with Gasteiger partial charge in [-0.25, -0.2) is 13.6 Å². The third kappa shape index (κ3) is 3.81. The fraction of sp³-hybridized carbons (Fsp3) is 0.167. The molecule has 0 aliphatic carbocycles. The van der Waals surface area contributed by atoms with Crippen LogP contribution in [0.25, 0.3) is 6.08 Å². The van der Waals surface area contributed by atoms with Gasteiger partial charge in [0.05, 0.1) is 17.7 Å². The number of ether oxygens (including phenoxy) is 2. The Morgan fingerprint density at radius 1 is 1.00 bits per heavy atom. The summed E-state index contributed by atoms with van der Waals surface area (Å²) >= 11 is 0. The fourth-order valence-corrected chi connectivity index (χ4v) is 2.02. The molecule has 0 fully saturated rings. The first kappa shape index (κ1) is 18.5. The predicted octanol–water partition coefficient (Wildman–Crippen LogP) is 5.25. The third-order valence-corrected chi connectivity index (χ3v) is 3.18. The Morgan fingerprint density at radius 2 is 1.56 bits per heavy atom. The molecule has 3 nitrogen and oxygen atoms in total. The minimum Gasteiger partial charge on any atom is -0.462 e. The SMILES string of the molecule is CC=Cc1c(F)c(F)c(Oc2ccc(C(=O)OCC)cc2)c(F)c1F. The van der Waals surface area contributed by atoms with Crippen LogP contribution in [0.3, 0.4) is 0 Å². The van der Waals surface area contributed by atoms with E-state index in [1.165, 1.54) is 37.3 Å². The minimum atomic E-state index is -1.65. The molecule has 0 N–H and O–H groups in total. The van der Waals surface area contributed by atoms with Crippen molar-refractivity contribution in [3.8, 4) is 11.5 Å². The van der Waals surface area contributed by atoms with E-state index in [4.69, 9.17) is 9.47 Å². The number of carbonyl (C=O) groups excluding carboxylic acids is 1. The van der Waals surface area contributed by atoms with Crippen LogP contribution < -0.4 is 4.74 Å². The van der Waals surface area contributed by atoms with E-state index in [-0.39, 0.29) is 17.9 Å². The van der Waals surface area contributed by atoms with Crippen molar-refractivity contribution in [1.82, 2.24) is 0 Å². The molecular weight excluding hydrogens is 340 g/mol. The molecule has 25 heavy (non-hydrogen) atoms. The van der Waals surface area contributed by atoms with Crippen LogP contribution in [0.2, 0.25) is 0 Å². The van der Waals surface area contributed by atoms with Crippen molar-refractivity contribution in [2.24, 2.45) is 0 Å². The Balaban J connectivity index is 2.36. The first-order valence-electron chi connectivity index (χ1n) is 7.34. The van der Waals surface area contributed by atoms with E-state index in [0.29, 0.717) is 0 Å². The van der Waals surface area contributed by atoms with Crippen LogP contribution in [0.5, 0.6) is 11.5 Å². The van der Waals surface area contributed by atoms with Gasteiger partial charge in [-0.3, -0.25) is 0 Å². The largest absolute Gasteiger partial charge is 0.462 e. The number of hydrogen-bond acceptors (Lipinski definition) is 3. The van der Waals surface area contributed by atoms with E-state index < -0.39 is 40.6 Å². The van der Waals surface area contributed by atoms with Gasteiger partial charge in [-0.1, -0.05) is 12.2 Å². The summed E-state index contributed by atoms with van der Waals surface area (Å²) in [6.45, 7) is 3.27. The molecule has 2 aromatic rings. The van der Waals surface area contributed by atoms with E-state index in [1.54, 1.807) is 6.92 Å². The van der Waals surface area contributed by atoms with Crippen molar-refractivity contribution >= 4 is 12.0 Å². The van der Waals surface area contributed by atoms with Crippen molar-refractivity contribution in [3.63, 3.8) is 0 Å². The van der Waals surface area contributed by atoms with Crippen LogP contribution in [0, 0.1) is 23.3 Å². The molecule has 0 aromatic heterocycles. The third-order valence-electron chi connectivity index (χ3n) is 3.18. The molecule has 0 saturated carbocycles. The molecule has 0 unspecified atom stereocenters. The lowest BCUT2D eigenvalue weighted by Gasteiger charge is -2.11. The van der Waals surface area contributed by atoms with Gasteiger partial charge in [0.1, 0.15) is 5.75 Å². The maximum Gasteiger partial charge on any atom is 0.338 e. The van der Waals surface area contributed by atoms with Crippen molar-refractivity contribution in [2.45, 2.75) is 13.8 Å². The summed E-state index contributed by atoms with van der Waals surface area (Å²) in [5.74, 6) is -8.32. The predicted molar refractivity (Wildman–Crippen MR) is 83.5 cm³/mol. The summed E-state index contributed by atoms with van der Waals surface area (Å²) < 4.78 is 65.5. The maximum atomic E-state index is 14.0. The monoisotopic (exact) mass is 354 g/mol. The number of halogens is 4. The molecule has 0 heterocycles. The first-order valence-corrected chi connectivity index (χ1v) is 7.34. The zero-order valence-corrected chi connectivity index (χ0v) is 13.4. The minimum absolute atomic E-state index is 0.108. The summed E-state index contributed by atoms with van der Waals surface area (Å²) in [6, 6.07) is 5.04. The zero-order chi connectivity index (χ0) is 18.6. The van der Waals surface area contributed by atoms with Gasteiger partial charge < -0.3 is 9.47 Å². The van der Waals surface area contributed by atoms with E-state index in [9.17, 15) is 22.4 Å². The fourth-order valence-electron chi connectivity index (χ4n) is 2.02. The Labute approximate surface area is 141 Å². The highest BCUT2D eigenvalue weighted by atomic mass is 19.2. The second kappa shape index (κ2) is 7.83. The molecule has 132 valence electrons. The van der Waals surface area contributed by atoms with Gasteiger partial charge in [0.2, 0.25) is 17.4 Å². The summed E-state index contributed by atoms with van der Waals surface area (Å²) in [5, 5.41) is 0. The van der Waals surface area contributed by atoms with Crippen LogP contribution in [-0.2, 0) is 4.74 Å². The van der Waals surface area contributed by atoms with Crippen LogP contribution in [0.1, 0.15) is 29.8 Å². The first-order chi connectivity index (χ1) is 11.9. The Bertz CT molecular complexity index is 785. The average molecular weight is 354 g/mol. The zero-order valence-electron chi connectivity index (χ0n) is 13.4. The Kier molecular flexibility index (Phi) is 5.80. The summed E-state index contributed by atoms with van der Waals surface area (Å²) in [6.07, 6.45) is 2.16. The lowest BCUT2D eigenvalue weighted by atomic mass is 10.1. The van der Waals surface area contributed by atoms with Crippen molar-refractivity contribution in [2.75, 3.05) is 6.61 Å². The normalized spacial score (nSPS) is 11.0. The van der Waals surface area contributed by atoms with Gasteiger partial charge >= 0.3 is 5.97 Å². The van der Waals surface area contributed by atoms with Gasteiger partial charge in [-0.05, 0) is 38.1 Å². The highest BCUT2D eigenvalue weighted by Crippen LogP contribution is 2.34. The lowest BCUT2D eigenvalue weighted by Crippen LogP contribution is -2.05. The molecule has 0 atom stereocenters. The number of rotatable bonds is 5. The second-order valence-electron chi connectivity index (χ2n) is 4.85. The highest BCUT2D eigenvalue weighted by Gasteiger charge is 2.26. The summed E-state index contributed by atoms with van der Waals surface area (Å²) in [4.78, 5) is 11.5. The van der Waals surface area contributed by atoms with Crippen molar-refractivity contribution in [3.05, 3.63) is 64.7 Å². The van der Waals surface area contributed by atoms with Gasteiger partial charge in [0, 0.05) is 0 Å². The number of carbonyl (C=O) groups is 1. The molecular formula is C18H14F4O3. The van der Waals surface area contributed by atoms with E-state index in [2.05, 4.69) is 0 Å². The Hall–Kier alpha value is -2.83. The number of allylic oxidation sites excluding steroid dienone is 1. The van der Waals surface area contributed by atoms with Gasteiger partial charge in [0.15, 0.2) is 11.6 Å². The maximum absolute atomic E-state index is 14.0. The second-order valence-corrected chi connectivity index (χ2v) is 4.85. The smallest absolute Gasteiger partial charge is 0.338 e. The molecule has 0 saturated heterocycles. The van der Waals surface area contributed by atoms with Crippen molar-refractivity contribution < 1.29 is 31.8 Å². The van der Waals surface area contributed by atoms with Crippen LogP contribution in [-0.4, -0.2) is 12.6 Å². The molecule has 0 spiro atoms. The summed E-state index contributed by atoms with van der Waals surface area (Å²) in [7, 11) is 0. The quantitative estimate of drug-likeness (QED) is 0.418. The molecule has 0 bridgehead atoms. The van der Waals surface area contributed by atoms with Gasteiger partial charge in [-0.2, -0.15) is 8.78 Å². The molecule has 2 aromatic carbocycles. The van der Waals surface area contributed by atoms with Crippen molar-refractivity contribution in [1.29, 1.82) is 0 Å². The van der Waals surface area contributed by atoms with Crippen LogP contribution in [0.4, 0.5) is 17.6 Å². The molecule has 0 aliphatic heterocycles. The van der Waals surface area contributed by atoms with E-state index in [0.717, 1.165) is 6.08 Å². The molecule has 0 aliphatic rings. The molecule has 2 rings (SSSR count). The topological polar surface area (TPSA) is 35.5 Å². The molecule has 0 amide bonds. The van der Waals surface area contributed by atoms with Crippen LogP contribution >= 0.6 is 0 Å². The standard InChI is InChI=1S/C18H14F4O3/c1-3-5-12-13(19)15(21)17(16(22)14(12)20)25-11-8-6-10(7-9-11)18(23)24-4-2/h3,5-9H,4H2,1-2H3. The average Bonchev–Trinajstić information content (AvgIpc) is 2.61. The number of hydrogen-bond donors (Lipinski definition) is 0. The highest BCUT2D eigenvalue weighted by molar-refractivity contribution is 5.89. The van der Waals surface area contributed by atoms with E-state index >= 15 is 0 Å². The van der Waals surface area contributed by atoms with Gasteiger partial charge in [0.25, 0.3) is 0 Å². The molecule has 0 radical (unpaired) electrons. The van der Waals surface area contributed by atoms with Gasteiger partial charge in [-0.15, -0.1) is 0 Å². The number of benzene rings is 2. The van der Waals surface area contributed by atoms with Crippen LogP contribution in [0.15, 0.2) is 30.3 Å². The summed E-state index contributed by atoms with van der Waals surface area (Å²) in [5.41, 5.74) is -0.640. The lowest BCUT2D eigenvalue weighted by molar-refractivity contribution is 0.0526. The molecule has 7 heteroatoms.